The molecule has 2 aromatic rings. The predicted octanol–water partition coefficient (Wildman–Crippen LogP) is 3.52. The Morgan fingerprint density at radius 1 is 1.48 bits per heavy atom. The molecule has 0 saturated carbocycles. The molecule has 0 bridgehead atoms. The summed E-state index contributed by atoms with van der Waals surface area (Å²) in [6, 6.07) is 5.46. The van der Waals surface area contributed by atoms with Crippen LogP contribution in [0.5, 0.6) is 0 Å². The van der Waals surface area contributed by atoms with Crippen molar-refractivity contribution in [2.45, 2.75) is 31.8 Å². The first kappa shape index (κ1) is 15.9. The van der Waals surface area contributed by atoms with Crippen molar-refractivity contribution in [3.8, 4) is 0 Å². The minimum Gasteiger partial charge on any atom is -0.348 e. The first-order chi connectivity index (χ1) is 10.0. The van der Waals surface area contributed by atoms with E-state index in [0.717, 1.165) is 22.7 Å². The third-order valence-electron chi connectivity index (χ3n) is 3.23. The fourth-order valence-electron chi connectivity index (χ4n) is 1.97. The molecule has 0 unspecified atom stereocenters. The molecule has 1 aromatic carbocycles. The van der Waals surface area contributed by atoms with Crippen LogP contribution in [0.15, 0.2) is 29.3 Å². The molecule has 1 heterocycles. The lowest BCUT2D eigenvalue weighted by atomic mass is 10.2. The summed E-state index contributed by atoms with van der Waals surface area (Å²) in [7, 11) is 0. The molecule has 112 valence electrons. The molecule has 2 rings (SSSR count). The summed E-state index contributed by atoms with van der Waals surface area (Å²) < 4.78 is 1.86. The summed E-state index contributed by atoms with van der Waals surface area (Å²) in [6.45, 7) is 5.23. The zero-order valence-corrected chi connectivity index (χ0v) is 13.9. The maximum atomic E-state index is 12.3. The Labute approximate surface area is 133 Å². The molecule has 21 heavy (non-hydrogen) atoms. The number of aromatic nitrogens is 2. The lowest BCUT2D eigenvalue weighted by Gasteiger charge is -2.07. The van der Waals surface area contributed by atoms with Gasteiger partial charge in [0, 0.05) is 29.7 Å². The van der Waals surface area contributed by atoms with Gasteiger partial charge in [0.1, 0.15) is 0 Å². The van der Waals surface area contributed by atoms with Gasteiger partial charge in [0.05, 0.1) is 16.3 Å². The summed E-state index contributed by atoms with van der Waals surface area (Å²) in [6.07, 6.45) is 3.92. The van der Waals surface area contributed by atoms with Gasteiger partial charge in [-0.1, -0.05) is 11.6 Å². The van der Waals surface area contributed by atoms with E-state index in [0.29, 0.717) is 17.1 Å². The third-order valence-corrected chi connectivity index (χ3v) is 4.28. The number of rotatable bonds is 5. The molecular formula is C15H18ClN3OS. The molecule has 4 nitrogen and oxygen atoms in total. The Balaban J connectivity index is 2.09. The highest BCUT2D eigenvalue weighted by molar-refractivity contribution is 7.98. The molecule has 0 aliphatic rings. The van der Waals surface area contributed by atoms with E-state index in [9.17, 15) is 4.79 Å². The lowest BCUT2D eigenvalue weighted by Crippen LogP contribution is -2.23. The quantitative estimate of drug-likeness (QED) is 0.856. The molecule has 1 N–H and O–H groups in total. The summed E-state index contributed by atoms with van der Waals surface area (Å²) in [5.41, 5.74) is 2.45. The van der Waals surface area contributed by atoms with E-state index in [1.807, 2.05) is 43.1 Å². The van der Waals surface area contributed by atoms with Crippen molar-refractivity contribution in [2.75, 3.05) is 6.26 Å². The molecule has 6 heteroatoms. The van der Waals surface area contributed by atoms with Crippen LogP contribution in [0.3, 0.4) is 0 Å². The van der Waals surface area contributed by atoms with Crippen molar-refractivity contribution in [3.05, 3.63) is 46.2 Å². The summed E-state index contributed by atoms with van der Waals surface area (Å²) >= 11 is 7.68. The van der Waals surface area contributed by atoms with Gasteiger partial charge in [-0.15, -0.1) is 11.8 Å². The molecule has 0 saturated heterocycles. The van der Waals surface area contributed by atoms with Crippen LogP contribution >= 0.6 is 23.4 Å². The van der Waals surface area contributed by atoms with Crippen molar-refractivity contribution >= 4 is 29.3 Å². The number of aryl methyl sites for hydroxylation is 2. The number of nitrogens with one attached hydrogen (secondary N) is 1. The molecule has 1 aromatic heterocycles. The molecule has 0 radical (unpaired) electrons. The van der Waals surface area contributed by atoms with Crippen LogP contribution in [-0.2, 0) is 13.1 Å². The molecule has 0 atom stereocenters. The van der Waals surface area contributed by atoms with E-state index >= 15 is 0 Å². The SMILES string of the molecule is CCn1cc(CNC(=O)c2cc(SC)ccc2Cl)c(C)n1. The standard InChI is InChI=1S/C15H18ClN3OS/c1-4-19-9-11(10(2)18-19)8-17-15(20)13-7-12(21-3)5-6-14(13)16/h5-7,9H,4,8H2,1-3H3,(H,17,20). The second-order valence-electron chi connectivity index (χ2n) is 4.62. The van der Waals surface area contributed by atoms with Gasteiger partial charge < -0.3 is 5.32 Å². The highest BCUT2D eigenvalue weighted by Crippen LogP contribution is 2.23. The van der Waals surface area contributed by atoms with Gasteiger partial charge in [-0.25, -0.2) is 0 Å². The average Bonchev–Trinajstić information content (AvgIpc) is 2.85. The number of carbonyl (C=O) groups is 1. The number of halogens is 1. The van der Waals surface area contributed by atoms with Crippen LogP contribution in [0.1, 0.15) is 28.5 Å². The first-order valence-electron chi connectivity index (χ1n) is 6.69. The Hall–Kier alpha value is -1.46. The summed E-state index contributed by atoms with van der Waals surface area (Å²) in [5, 5.41) is 7.72. The maximum Gasteiger partial charge on any atom is 0.253 e. The van der Waals surface area contributed by atoms with Crippen molar-refractivity contribution in [2.24, 2.45) is 0 Å². The van der Waals surface area contributed by atoms with Crippen LogP contribution in [0, 0.1) is 6.92 Å². The average molecular weight is 324 g/mol. The van der Waals surface area contributed by atoms with Crippen molar-refractivity contribution < 1.29 is 4.79 Å². The van der Waals surface area contributed by atoms with Crippen LogP contribution < -0.4 is 5.32 Å². The number of benzene rings is 1. The fraction of sp³-hybridized carbons (Fsp3) is 0.333. The Morgan fingerprint density at radius 3 is 2.86 bits per heavy atom. The highest BCUT2D eigenvalue weighted by atomic mass is 35.5. The van der Waals surface area contributed by atoms with E-state index in [-0.39, 0.29) is 5.91 Å². The normalized spacial score (nSPS) is 10.7. The lowest BCUT2D eigenvalue weighted by molar-refractivity contribution is 0.0951. The topological polar surface area (TPSA) is 46.9 Å². The van der Waals surface area contributed by atoms with Crippen LogP contribution in [0.25, 0.3) is 0 Å². The second kappa shape index (κ2) is 7.00. The van der Waals surface area contributed by atoms with Gasteiger partial charge in [0.25, 0.3) is 5.91 Å². The third kappa shape index (κ3) is 3.80. The number of carbonyl (C=O) groups excluding carboxylic acids is 1. The molecule has 0 spiro atoms. The van der Waals surface area contributed by atoms with E-state index in [1.54, 1.807) is 17.8 Å². The van der Waals surface area contributed by atoms with Gasteiger partial charge >= 0.3 is 0 Å². The van der Waals surface area contributed by atoms with Crippen molar-refractivity contribution in [1.82, 2.24) is 15.1 Å². The Kier molecular flexibility index (Phi) is 5.31. The van der Waals surface area contributed by atoms with E-state index in [2.05, 4.69) is 10.4 Å². The number of nitrogens with zero attached hydrogens (tertiary/aromatic N) is 2. The summed E-state index contributed by atoms with van der Waals surface area (Å²) in [4.78, 5) is 13.3. The van der Waals surface area contributed by atoms with Gasteiger partial charge in [0.2, 0.25) is 0 Å². The van der Waals surface area contributed by atoms with Crippen LogP contribution in [-0.4, -0.2) is 21.9 Å². The summed E-state index contributed by atoms with van der Waals surface area (Å²) in [5.74, 6) is -0.167. The van der Waals surface area contributed by atoms with E-state index in [4.69, 9.17) is 11.6 Å². The number of hydrogen-bond donors (Lipinski definition) is 1. The predicted molar refractivity (Wildman–Crippen MR) is 87.0 cm³/mol. The number of amides is 1. The molecular weight excluding hydrogens is 306 g/mol. The zero-order chi connectivity index (χ0) is 15.4. The number of hydrogen-bond acceptors (Lipinski definition) is 3. The monoisotopic (exact) mass is 323 g/mol. The van der Waals surface area contributed by atoms with Crippen molar-refractivity contribution in [3.63, 3.8) is 0 Å². The minimum absolute atomic E-state index is 0.167. The van der Waals surface area contributed by atoms with E-state index < -0.39 is 0 Å². The fourth-order valence-corrected chi connectivity index (χ4v) is 2.61. The van der Waals surface area contributed by atoms with Crippen LogP contribution in [0.2, 0.25) is 5.02 Å². The number of thioether (sulfide) groups is 1. The zero-order valence-electron chi connectivity index (χ0n) is 12.3. The van der Waals surface area contributed by atoms with E-state index in [1.165, 1.54) is 0 Å². The van der Waals surface area contributed by atoms with Crippen LogP contribution in [0.4, 0.5) is 0 Å². The first-order valence-corrected chi connectivity index (χ1v) is 8.30. The smallest absolute Gasteiger partial charge is 0.253 e. The molecule has 0 aliphatic carbocycles. The second-order valence-corrected chi connectivity index (χ2v) is 5.91. The minimum atomic E-state index is -0.167. The molecule has 1 amide bonds. The van der Waals surface area contributed by atoms with Gasteiger partial charge in [-0.05, 0) is 38.3 Å². The molecule has 0 aliphatic heterocycles. The maximum absolute atomic E-state index is 12.3. The molecule has 0 fully saturated rings. The van der Waals surface area contributed by atoms with Crippen molar-refractivity contribution in [1.29, 1.82) is 0 Å². The van der Waals surface area contributed by atoms with Gasteiger partial charge in [-0.3, -0.25) is 9.48 Å². The largest absolute Gasteiger partial charge is 0.348 e. The Bertz CT molecular complexity index is 654. The highest BCUT2D eigenvalue weighted by Gasteiger charge is 2.12. The Morgan fingerprint density at radius 2 is 2.24 bits per heavy atom. The van der Waals surface area contributed by atoms with Gasteiger partial charge in [0.15, 0.2) is 0 Å². The van der Waals surface area contributed by atoms with Gasteiger partial charge in [-0.2, -0.15) is 5.10 Å².